The van der Waals surface area contributed by atoms with Gasteiger partial charge in [-0.25, -0.2) is 0 Å². The second-order valence-corrected chi connectivity index (χ2v) is 2.43. The van der Waals surface area contributed by atoms with Crippen molar-refractivity contribution in [2.45, 2.75) is 20.3 Å². The Kier molecular flexibility index (Phi) is 6.94. The van der Waals surface area contributed by atoms with E-state index in [9.17, 15) is 4.79 Å². The Morgan fingerprint density at radius 1 is 1.42 bits per heavy atom. The maximum atomic E-state index is 10.2. The number of aldehydes is 1. The molecule has 0 rings (SSSR count). The van der Waals surface area contributed by atoms with Crippen LogP contribution in [-0.2, 0) is 19.0 Å². The molecule has 0 bridgehead atoms. The highest BCUT2D eigenvalue weighted by Gasteiger charge is 2.08. The molecule has 0 aliphatic carbocycles. The molecular weight excluding hydrogens is 160 g/mol. The van der Waals surface area contributed by atoms with Crippen LogP contribution in [0.5, 0.6) is 0 Å². The Labute approximate surface area is 72.8 Å². The summed E-state index contributed by atoms with van der Waals surface area (Å²) in [5.41, 5.74) is 0. The van der Waals surface area contributed by atoms with Crippen molar-refractivity contribution in [2.24, 2.45) is 5.92 Å². The molecule has 0 spiro atoms. The molecule has 0 aliphatic heterocycles. The van der Waals surface area contributed by atoms with Gasteiger partial charge in [-0.3, -0.25) is 0 Å². The van der Waals surface area contributed by atoms with Gasteiger partial charge in [-0.2, -0.15) is 0 Å². The predicted molar refractivity (Wildman–Crippen MR) is 43.6 cm³/mol. The van der Waals surface area contributed by atoms with Crippen LogP contribution in [0.2, 0.25) is 0 Å². The molecule has 0 radical (unpaired) electrons. The van der Waals surface area contributed by atoms with E-state index in [0.29, 0.717) is 13.2 Å². The molecule has 2 atom stereocenters. The Hall–Kier alpha value is -0.450. The van der Waals surface area contributed by atoms with Gasteiger partial charge in [-0.15, -0.1) is 0 Å². The van der Waals surface area contributed by atoms with Gasteiger partial charge in [0.25, 0.3) is 6.48 Å². The second kappa shape index (κ2) is 7.21. The van der Waals surface area contributed by atoms with Crippen molar-refractivity contribution in [1.29, 1.82) is 0 Å². The fraction of sp³-hybridized carbons (Fsp3) is 0.875. The zero-order chi connectivity index (χ0) is 9.40. The van der Waals surface area contributed by atoms with Crippen molar-refractivity contribution in [1.82, 2.24) is 0 Å². The first kappa shape index (κ1) is 11.6. The standard InChI is InChI=1S/C8H16O4/c1-4-11-8(10-3)12-6-7(2)5-9/h5,7-8H,4,6H2,1-3H3/t7?,8-/m0/s1. The lowest BCUT2D eigenvalue weighted by molar-refractivity contribution is -0.277. The van der Waals surface area contributed by atoms with Crippen LogP contribution in [0, 0.1) is 5.92 Å². The van der Waals surface area contributed by atoms with Crippen molar-refractivity contribution in [2.75, 3.05) is 20.3 Å². The number of hydrogen-bond acceptors (Lipinski definition) is 4. The lowest BCUT2D eigenvalue weighted by Crippen LogP contribution is -2.22. The van der Waals surface area contributed by atoms with Crippen LogP contribution in [0.4, 0.5) is 0 Å². The molecule has 0 aromatic carbocycles. The summed E-state index contributed by atoms with van der Waals surface area (Å²) in [7, 11) is 1.49. The van der Waals surface area contributed by atoms with Crippen molar-refractivity contribution >= 4 is 6.29 Å². The summed E-state index contributed by atoms with van der Waals surface area (Å²) < 4.78 is 15.0. The monoisotopic (exact) mass is 176 g/mol. The van der Waals surface area contributed by atoms with Gasteiger partial charge in [0.05, 0.1) is 6.61 Å². The van der Waals surface area contributed by atoms with Gasteiger partial charge in [0.1, 0.15) is 6.29 Å². The smallest absolute Gasteiger partial charge is 0.271 e. The van der Waals surface area contributed by atoms with Crippen LogP contribution >= 0.6 is 0 Å². The largest absolute Gasteiger partial charge is 0.333 e. The minimum absolute atomic E-state index is 0.122. The van der Waals surface area contributed by atoms with Gasteiger partial charge in [-0.05, 0) is 6.92 Å². The molecule has 0 saturated heterocycles. The number of carbonyl (C=O) groups is 1. The molecule has 0 fully saturated rings. The SMILES string of the molecule is CCO[C@H](OC)OCC(C)C=O. The Balaban J connectivity index is 3.49. The number of ether oxygens (including phenoxy) is 3. The molecule has 0 aromatic heterocycles. The Bertz CT molecular complexity index is 116. The molecule has 0 aromatic rings. The average Bonchev–Trinajstić information content (AvgIpc) is 2.11. The van der Waals surface area contributed by atoms with E-state index in [4.69, 9.17) is 14.2 Å². The molecule has 0 saturated carbocycles. The molecule has 1 unspecified atom stereocenters. The molecule has 0 aliphatic rings. The van der Waals surface area contributed by atoms with Gasteiger partial charge >= 0.3 is 0 Å². The number of carbonyl (C=O) groups excluding carboxylic acids is 1. The van der Waals surface area contributed by atoms with Crippen molar-refractivity contribution in [3.05, 3.63) is 0 Å². The topological polar surface area (TPSA) is 44.8 Å². The van der Waals surface area contributed by atoms with E-state index in [0.717, 1.165) is 6.29 Å². The lowest BCUT2D eigenvalue weighted by Gasteiger charge is -2.16. The molecular formula is C8H16O4. The highest BCUT2D eigenvalue weighted by atomic mass is 16.8. The van der Waals surface area contributed by atoms with Crippen molar-refractivity contribution in [3.8, 4) is 0 Å². The minimum atomic E-state index is -0.655. The molecule has 12 heavy (non-hydrogen) atoms. The summed E-state index contributed by atoms with van der Waals surface area (Å²) in [4.78, 5) is 10.2. The lowest BCUT2D eigenvalue weighted by atomic mass is 10.2. The summed E-state index contributed by atoms with van der Waals surface area (Å²) in [6.45, 7) is 3.80. The van der Waals surface area contributed by atoms with Gasteiger partial charge in [-0.1, -0.05) is 6.92 Å². The Morgan fingerprint density at radius 3 is 2.50 bits per heavy atom. The van der Waals surface area contributed by atoms with Gasteiger partial charge in [0, 0.05) is 19.6 Å². The fourth-order valence-corrected chi connectivity index (χ4v) is 0.590. The van der Waals surface area contributed by atoms with Crippen LogP contribution in [0.25, 0.3) is 0 Å². The summed E-state index contributed by atoms with van der Waals surface area (Å²) in [5.74, 6) is -0.122. The van der Waals surface area contributed by atoms with Crippen molar-refractivity contribution < 1.29 is 19.0 Å². The average molecular weight is 176 g/mol. The van der Waals surface area contributed by atoms with Crippen LogP contribution < -0.4 is 0 Å². The van der Waals surface area contributed by atoms with Crippen LogP contribution in [0.15, 0.2) is 0 Å². The van der Waals surface area contributed by atoms with E-state index in [1.54, 1.807) is 6.92 Å². The zero-order valence-corrected chi connectivity index (χ0v) is 7.78. The Morgan fingerprint density at radius 2 is 2.08 bits per heavy atom. The maximum absolute atomic E-state index is 10.2. The third-order valence-electron chi connectivity index (χ3n) is 1.22. The van der Waals surface area contributed by atoms with Crippen LogP contribution in [0.3, 0.4) is 0 Å². The van der Waals surface area contributed by atoms with Gasteiger partial charge < -0.3 is 19.0 Å². The highest BCUT2D eigenvalue weighted by molar-refractivity contribution is 5.52. The summed E-state index contributed by atoms with van der Waals surface area (Å²) in [6.07, 6.45) is 0.832. The van der Waals surface area contributed by atoms with Gasteiger partial charge in [0.2, 0.25) is 0 Å². The number of rotatable bonds is 7. The van der Waals surface area contributed by atoms with Crippen molar-refractivity contribution in [3.63, 3.8) is 0 Å². The minimum Gasteiger partial charge on any atom is -0.333 e. The molecule has 0 amide bonds. The van der Waals surface area contributed by atoms with E-state index in [2.05, 4.69) is 0 Å². The first-order valence-electron chi connectivity index (χ1n) is 3.95. The number of methoxy groups -OCH3 is 1. The summed E-state index contributed by atoms with van der Waals surface area (Å²) in [6, 6.07) is 0. The molecule has 4 heteroatoms. The highest BCUT2D eigenvalue weighted by Crippen LogP contribution is 1.99. The summed E-state index contributed by atoms with van der Waals surface area (Å²) >= 11 is 0. The quantitative estimate of drug-likeness (QED) is 0.425. The fourth-order valence-electron chi connectivity index (χ4n) is 0.590. The number of hydrogen-bond donors (Lipinski definition) is 0. The third kappa shape index (κ3) is 5.23. The molecule has 72 valence electrons. The van der Waals surface area contributed by atoms with E-state index in [1.165, 1.54) is 7.11 Å². The summed E-state index contributed by atoms with van der Waals surface area (Å²) in [5, 5.41) is 0. The predicted octanol–water partition coefficient (Wildman–Crippen LogP) is 0.804. The third-order valence-corrected chi connectivity index (χ3v) is 1.22. The van der Waals surface area contributed by atoms with Gasteiger partial charge in [0.15, 0.2) is 0 Å². The van der Waals surface area contributed by atoms with E-state index in [-0.39, 0.29) is 5.92 Å². The van der Waals surface area contributed by atoms with E-state index >= 15 is 0 Å². The zero-order valence-electron chi connectivity index (χ0n) is 7.78. The van der Waals surface area contributed by atoms with E-state index in [1.807, 2.05) is 6.92 Å². The first-order chi connectivity index (χ1) is 5.74. The first-order valence-corrected chi connectivity index (χ1v) is 3.95. The molecule has 0 heterocycles. The normalized spacial score (nSPS) is 15.6. The van der Waals surface area contributed by atoms with Crippen LogP contribution in [0.1, 0.15) is 13.8 Å². The molecule has 0 N–H and O–H groups in total. The van der Waals surface area contributed by atoms with Crippen LogP contribution in [-0.4, -0.2) is 33.1 Å². The second-order valence-electron chi connectivity index (χ2n) is 2.43. The molecule has 4 nitrogen and oxygen atoms in total. The van der Waals surface area contributed by atoms with E-state index < -0.39 is 6.48 Å². The maximum Gasteiger partial charge on any atom is 0.271 e.